The molecule has 0 aliphatic carbocycles. The van der Waals surface area contributed by atoms with Gasteiger partial charge in [-0.3, -0.25) is 4.79 Å². The van der Waals surface area contributed by atoms with E-state index in [0.29, 0.717) is 12.6 Å². The number of piperidine rings is 1. The molecule has 0 aromatic heterocycles. The van der Waals surface area contributed by atoms with E-state index in [1.54, 1.807) is 0 Å². The summed E-state index contributed by atoms with van der Waals surface area (Å²) in [6, 6.07) is 7.99. The first-order valence-corrected chi connectivity index (χ1v) is 6.96. The number of rotatable bonds is 4. The number of anilines is 1. The van der Waals surface area contributed by atoms with Crippen LogP contribution in [0.25, 0.3) is 0 Å². The van der Waals surface area contributed by atoms with Crippen LogP contribution in [-0.2, 0) is 4.79 Å². The summed E-state index contributed by atoms with van der Waals surface area (Å²) in [5, 5.41) is 6.35. The van der Waals surface area contributed by atoms with Crippen LogP contribution in [0.2, 0.25) is 0 Å². The Morgan fingerprint density at radius 2 is 2.20 bits per heavy atom. The molecule has 0 spiro atoms. The van der Waals surface area contributed by atoms with Crippen LogP contribution < -0.4 is 15.4 Å². The van der Waals surface area contributed by atoms with E-state index in [1.807, 2.05) is 31.2 Å². The standard InChI is InChI=1S/C15H22N2O2.ClH/c1-3-19-14-7-5-4-6-13(14)17-15(18)12-8-9-16-11(2)10-12;/h4-7,11-12,16H,3,8-10H2,1-2H3,(H,17,18);1H/t11-,12-;/m0./s1. The van der Waals surface area contributed by atoms with Gasteiger partial charge in [0.25, 0.3) is 0 Å². The van der Waals surface area contributed by atoms with Crippen LogP contribution in [0.3, 0.4) is 0 Å². The molecule has 1 saturated heterocycles. The predicted molar refractivity (Wildman–Crippen MR) is 83.7 cm³/mol. The first-order valence-electron chi connectivity index (χ1n) is 6.96. The Balaban J connectivity index is 0.00000200. The number of ether oxygens (including phenoxy) is 1. The van der Waals surface area contributed by atoms with E-state index >= 15 is 0 Å². The second-order valence-corrected chi connectivity index (χ2v) is 4.99. The second kappa shape index (κ2) is 8.12. The largest absolute Gasteiger partial charge is 0.492 e. The summed E-state index contributed by atoms with van der Waals surface area (Å²) in [6.07, 6.45) is 1.79. The summed E-state index contributed by atoms with van der Waals surface area (Å²) in [6.45, 7) is 5.56. The summed E-state index contributed by atoms with van der Waals surface area (Å²) >= 11 is 0. The Bertz CT molecular complexity index is 440. The predicted octanol–water partition coefficient (Wildman–Crippen LogP) is 2.83. The summed E-state index contributed by atoms with van der Waals surface area (Å²) in [7, 11) is 0. The number of hydrogen-bond donors (Lipinski definition) is 2. The van der Waals surface area contributed by atoms with Gasteiger partial charge in [0.05, 0.1) is 12.3 Å². The molecular weight excluding hydrogens is 276 g/mol. The SMILES string of the molecule is CCOc1ccccc1NC(=O)[C@H]1CCN[C@@H](C)C1.Cl. The molecule has 1 aliphatic heterocycles. The van der Waals surface area contributed by atoms with E-state index in [-0.39, 0.29) is 24.2 Å². The highest BCUT2D eigenvalue weighted by Gasteiger charge is 2.25. The second-order valence-electron chi connectivity index (χ2n) is 4.99. The molecule has 1 aliphatic rings. The fraction of sp³-hybridized carbons (Fsp3) is 0.533. The Hall–Kier alpha value is -1.26. The van der Waals surface area contributed by atoms with Crippen molar-refractivity contribution in [1.82, 2.24) is 5.32 Å². The zero-order valence-corrected chi connectivity index (χ0v) is 12.8. The third kappa shape index (κ3) is 4.39. The fourth-order valence-electron chi connectivity index (χ4n) is 2.46. The molecule has 0 unspecified atom stereocenters. The van der Waals surface area contributed by atoms with Crippen molar-refractivity contribution >= 4 is 24.0 Å². The maximum Gasteiger partial charge on any atom is 0.227 e. The van der Waals surface area contributed by atoms with Crippen LogP contribution in [0.5, 0.6) is 5.75 Å². The lowest BCUT2D eigenvalue weighted by atomic mass is 9.92. The van der Waals surface area contributed by atoms with Crippen LogP contribution >= 0.6 is 12.4 Å². The van der Waals surface area contributed by atoms with Crippen LogP contribution in [-0.4, -0.2) is 25.1 Å². The van der Waals surface area contributed by atoms with Crippen molar-refractivity contribution in [3.63, 3.8) is 0 Å². The highest BCUT2D eigenvalue weighted by molar-refractivity contribution is 5.94. The number of carbonyl (C=O) groups is 1. The smallest absolute Gasteiger partial charge is 0.227 e. The number of nitrogens with one attached hydrogen (secondary N) is 2. The minimum atomic E-state index is 0. The van der Waals surface area contributed by atoms with Crippen molar-refractivity contribution < 1.29 is 9.53 Å². The Morgan fingerprint density at radius 1 is 1.45 bits per heavy atom. The van der Waals surface area contributed by atoms with E-state index in [4.69, 9.17) is 4.74 Å². The molecule has 0 saturated carbocycles. The van der Waals surface area contributed by atoms with Gasteiger partial charge in [-0.25, -0.2) is 0 Å². The van der Waals surface area contributed by atoms with E-state index in [1.165, 1.54) is 0 Å². The van der Waals surface area contributed by atoms with E-state index in [0.717, 1.165) is 30.8 Å². The molecule has 2 atom stereocenters. The van der Waals surface area contributed by atoms with Crippen molar-refractivity contribution in [2.45, 2.75) is 32.7 Å². The van der Waals surface area contributed by atoms with Crippen molar-refractivity contribution in [2.75, 3.05) is 18.5 Å². The molecule has 1 heterocycles. The molecule has 1 fully saturated rings. The monoisotopic (exact) mass is 298 g/mol. The highest BCUT2D eigenvalue weighted by atomic mass is 35.5. The van der Waals surface area contributed by atoms with Gasteiger partial charge >= 0.3 is 0 Å². The summed E-state index contributed by atoms with van der Waals surface area (Å²) < 4.78 is 5.52. The minimum Gasteiger partial charge on any atom is -0.492 e. The summed E-state index contributed by atoms with van der Waals surface area (Å²) in [5.74, 6) is 0.923. The molecule has 1 amide bonds. The number of benzene rings is 1. The molecule has 2 rings (SSSR count). The Kier molecular flexibility index (Phi) is 6.82. The van der Waals surface area contributed by atoms with Crippen LogP contribution in [0.1, 0.15) is 26.7 Å². The van der Waals surface area contributed by atoms with Gasteiger partial charge in [-0.15, -0.1) is 12.4 Å². The van der Waals surface area contributed by atoms with E-state index in [9.17, 15) is 4.79 Å². The normalized spacial score (nSPS) is 21.7. The van der Waals surface area contributed by atoms with Gasteiger partial charge in [-0.2, -0.15) is 0 Å². The highest BCUT2D eigenvalue weighted by Crippen LogP contribution is 2.25. The molecule has 5 heteroatoms. The van der Waals surface area contributed by atoms with E-state index < -0.39 is 0 Å². The maximum atomic E-state index is 12.3. The first kappa shape index (κ1) is 16.8. The number of carbonyl (C=O) groups excluding carboxylic acids is 1. The van der Waals surface area contributed by atoms with Gasteiger partial charge in [-0.05, 0) is 45.4 Å². The quantitative estimate of drug-likeness (QED) is 0.899. The van der Waals surface area contributed by atoms with Crippen molar-refractivity contribution in [3.05, 3.63) is 24.3 Å². The number of para-hydroxylation sites is 2. The maximum absolute atomic E-state index is 12.3. The lowest BCUT2D eigenvalue weighted by Crippen LogP contribution is -2.40. The minimum absolute atomic E-state index is 0. The average Bonchev–Trinajstić information content (AvgIpc) is 2.41. The Morgan fingerprint density at radius 3 is 2.90 bits per heavy atom. The third-order valence-corrected chi connectivity index (χ3v) is 3.44. The molecule has 1 aromatic carbocycles. The zero-order chi connectivity index (χ0) is 13.7. The van der Waals surface area contributed by atoms with Gasteiger partial charge in [0.2, 0.25) is 5.91 Å². The number of amides is 1. The Labute approximate surface area is 126 Å². The lowest BCUT2D eigenvalue weighted by Gasteiger charge is -2.27. The van der Waals surface area contributed by atoms with Gasteiger partial charge in [-0.1, -0.05) is 12.1 Å². The molecule has 1 aromatic rings. The molecule has 112 valence electrons. The molecular formula is C15H23ClN2O2. The van der Waals surface area contributed by atoms with Crippen LogP contribution in [0.4, 0.5) is 5.69 Å². The molecule has 0 radical (unpaired) electrons. The number of halogens is 1. The molecule has 2 N–H and O–H groups in total. The third-order valence-electron chi connectivity index (χ3n) is 3.44. The van der Waals surface area contributed by atoms with Crippen molar-refractivity contribution in [1.29, 1.82) is 0 Å². The van der Waals surface area contributed by atoms with Crippen molar-refractivity contribution in [2.24, 2.45) is 5.92 Å². The molecule has 20 heavy (non-hydrogen) atoms. The number of hydrogen-bond acceptors (Lipinski definition) is 3. The molecule has 4 nitrogen and oxygen atoms in total. The average molecular weight is 299 g/mol. The van der Waals surface area contributed by atoms with Gasteiger partial charge in [0, 0.05) is 12.0 Å². The topological polar surface area (TPSA) is 50.4 Å². The van der Waals surface area contributed by atoms with Crippen LogP contribution in [0, 0.1) is 5.92 Å². The first-order chi connectivity index (χ1) is 9.20. The fourth-order valence-corrected chi connectivity index (χ4v) is 2.46. The van der Waals surface area contributed by atoms with Crippen molar-refractivity contribution in [3.8, 4) is 5.75 Å². The van der Waals surface area contributed by atoms with Gasteiger partial charge in [0.1, 0.15) is 5.75 Å². The van der Waals surface area contributed by atoms with E-state index in [2.05, 4.69) is 17.6 Å². The van der Waals surface area contributed by atoms with Gasteiger partial charge < -0.3 is 15.4 Å². The molecule has 0 bridgehead atoms. The van der Waals surface area contributed by atoms with Gasteiger partial charge in [0.15, 0.2) is 0 Å². The summed E-state index contributed by atoms with van der Waals surface area (Å²) in [4.78, 5) is 12.3. The zero-order valence-electron chi connectivity index (χ0n) is 12.0. The van der Waals surface area contributed by atoms with Crippen LogP contribution in [0.15, 0.2) is 24.3 Å². The summed E-state index contributed by atoms with van der Waals surface area (Å²) in [5.41, 5.74) is 0.764. The lowest BCUT2D eigenvalue weighted by molar-refractivity contribution is -0.120.